The van der Waals surface area contributed by atoms with Crippen LogP contribution in [-0.4, -0.2) is 31.3 Å². The molecule has 1 aromatic heterocycles. The summed E-state index contributed by atoms with van der Waals surface area (Å²) < 4.78 is 1.52. The summed E-state index contributed by atoms with van der Waals surface area (Å²) in [5, 5.41) is 21.3. The van der Waals surface area contributed by atoms with Gasteiger partial charge in [0.05, 0.1) is 0 Å². The predicted molar refractivity (Wildman–Crippen MR) is 69.8 cm³/mol. The zero-order valence-electron chi connectivity index (χ0n) is 12.1. The molecular formula is C13H22N4O2. The van der Waals surface area contributed by atoms with Gasteiger partial charge in [-0.2, -0.15) is 0 Å². The van der Waals surface area contributed by atoms with Crippen molar-refractivity contribution in [2.24, 2.45) is 5.41 Å². The van der Waals surface area contributed by atoms with E-state index in [1.165, 1.54) is 4.68 Å². The fourth-order valence-electron chi connectivity index (χ4n) is 2.96. The van der Waals surface area contributed by atoms with Gasteiger partial charge in [0.2, 0.25) is 0 Å². The van der Waals surface area contributed by atoms with Gasteiger partial charge in [0.15, 0.2) is 11.4 Å². The van der Waals surface area contributed by atoms with Gasteiger partial charge in [-0.05, 0) is 42.0 Å². The smallest absolute Gasteiger partial charge is 0.331 e. The minimum absolute atomic E-state index is 0.125. The largest absolute Gasteiger partial charge is 0.479 e. The predicted octanol–water partition coefficient (Wildman–Crippen LogP) is 2.18. The van der Waals surface area contributed by atoms with Crippen LogP contribution in [0.1, 0.15) is 65.1 Å². The van der Waals surface area contributed by atoms with Crippen LogP contribution in [0.15, 0.2) is 0 Å². The van der Waals surface area contributed by atoms with Gasteiger partial charge in [0, 0.05) is 5.92 Å². The summed E-state index contributed by atoms with van der Waals surface area (Å²) in [6, 6.07) is 0. The Labute approximate surface area is 113 Å². The SMILES string of the molecule is CCC(C)(C(=O)O)n1nnnc1C1CCCC1(C)C. The van der Waals surface area contributed by atoms with Crippen LogP contribution >= 0.6 is 0 Å². The van der Waals surface area contributed by atoms with E-state index in [2.05, 4.69) is 29.4 Å². The Morgan fingerprint density at radius 3 is 2.74 bits per heavy atom. The lowest BCUT2D eigenvalue weighted by Gasteiger charge is -2.30. The van der Waals surface area contributed by atoms with Crippen molar-refractivity contribution in [3.63, 3.8) is 0 Å². The Morgan fingerprint density at radius 1 is 1.58 bits per heavy atom. The molecule has 0 aromatic carbocycles. The minimum Gasteiger partial charge on any atom is -0.479 e. The summed E-state index contributed by atoms with van der Waals surface area (Å²) in [6.45, 7) is 7.93. The third-order valence-corrected chi connectivity index (χ3v) is 4.68. The molecule has 0 amide bonds. The van der Waals surface area contributed by atoms with Gasteiger partial charge in [-0.3, -0.25) is 0 Å². The zero-order chi connectivity index (χ0) is 14.3. The molecule has 0 spiro atoms. The molecule has 6 heteroatoms. The second-order valence-electron chi connectivity index (χ2n) is 6.31. The van der Waals surface area contributed by atoms with Crippen molar-refractivity contribution in [3.8, 4) is 0 Å². The Balaban J connectivity index is 2.46. The number of carboxylic acids is 1. The molecule has 1 aliphatic carbocycles. The molecule has 0 bridgehead atoms. The number of hydrogen-bond acceptors (Lipinski definition) is 4. The van der Waals surface area contributed by atoms with Gasteiger partial charge in [0.25, 0.3) is 0 Å². The van der Waals surface area contributed by atoms with E-state index >= 15 is 0 Å². The highest BCUT2D eigenvalue weighted by atomic mass is 16.4. The van der Waals surface area contributed by atoms with Gasteiger partial charge in [0.1, 0.15) is 0 Å². The number of rotatable bonds is 4. The summed E-state index contributed by atoms with van der Waals surface area (Å²) in [4.78, 5) is 11.6. The second-order valence-corrected chi connectivity index (χ2v) is 6.31. The lowest BCUT2D eigenvalue weighted by Crippen LogP contribution is -2.41. The van der Waals surface area contributed by atoms with Crippen molar-refractivity contribution in [1.29, 1.82) is 0 Å². The number of hydrogen-bond donors (Lipinski definition) is 1. The van der Waals surface area contributed by atoms with E-state index in [0.29, 0.717) is 12.2 Å². The van der Waals surface area contributed by atoms with Crippen LogP contribution in [0.5, 0.6) is 0 Å². The molecule has 0 aliphatic heterocycles. The molecule has 1 heterocycles. The summed E-state index contributed by atoms with van der Waals surface area (Å²) in [7, 11) is 0. The molecule has 19 heavy (non-hydrogen) atoms. The van der Waals surface area contributed by atoms with Crippen molar-refractivity contribution in [2.45, 2.75) is 64.8 Å². The highest BCUT2D eigenvalue weighted by Crippen LogP contribution is 2.48. The highest BCUT2D eigenvalue weighted by molar-refractivity contribution is 5.76. The first-order valence-corrected chi connectivity index (χ1v) is 6.85. The average Bonchev–Trinajstić information content (AvgIpc) is 2.93. The molecule has 106 valence electrons. The van der Waals surface area contributed by atoms with Crippen LogP contribution in [0.4, 0.5) is 0 Å². The molecule has 2 unspecified atom stereocenters. The minimum atomic E-state index is -1.07. The second kappa shape index (κ2) is 4.58. The van der Waals surface area contributed by atoms with Crippen LogP contribution in [0, 0.1) is 5.41 Å². The molecule has 1 aromatic rings. The zero-order valence-corrected chi connectivity index (χ0v) is 12.1. The maximum atomic E-state index is 11.6. The molecule has 2 atom stereocenters. The number of tetrazole rings is 1. The Bertz CT molecular complexity index is 483. The van der Waals surface area contributed by atoms with Crippen molar-refractivity contribution >= 4 is 5.97 Å². The molecule has 1 N–H and O–H groups in total. The first-order valence-electron chi connectivity index (χ1n) is 6.85. The highest BCUT2D eigenvalue weighted by Gasteiger charge is 2.43. The number of aliphatic carboxylic acids is 1. The molecule has 1 aliphatic rings. The van der Waals surface area contributed by atoms with Crippen LogP contribution in [0.2, 0.25) is 0 Å². The molecule has 6 nitrogen and oxygen atoms in total. The van der Waals surface area contributed by atoms with Crippen molar-refractivity contribution in [3.05, 3.63) is 5.82 Å². The van der Waals surface area contributed by atoms with Crippen LogP contribution in [-0.2, 0) is 10.3 Å². The summed E-state index contributed by atoms with van der Waals surface area (Å²) >= 11 is 0. The summed E-state index contributed by atoms with van der Waals surface area (Å²) in [5.74, 6) is 0.0568. The average molecular weight is 266 g/mol. The fourth-order valence-corrected chi connectivity index (χ4v) is 2.96. The third kappa shape index (κ3) is 2.13. The number of carboxylic acid groups (broad SMARTS) is 1. The topological polar surface area (TPSA) is 80.9 Å². The first kappa shape index (κ1) is 14.0. The first-order chi connectivity index (χ1) is 8.83. The van der Waals surface area contributed by atoms with E-state index in [1.807, 2.05) is 6.92 Å². The van der Waals surface area contributed by atoms with Gasteiger partial charge in [-0.25, -0.2) is 9.48 Å². The van der Waals surface area contributed by atoms with Crippen LogP contribution in [0.25, 0.3) is 0 Å². The van der Waals surface area contributed by atoms with E-state index < -0.39 is 11.5 Å². The maximum Gasteiger partial charge on any atom is 0.331 e. The van der Waals surface area contributed by atoms with Gasteiger partial charge in [-0.1, -0.05) is 27.2 Å². The summed E-state index contributed by atoms with van der Waals surface area (Å²) in [6.07, 6.45) is 3.74. The fraction of sp³-hybridized carbons (Fsp3) is 0.846. The molecule has 1 saturated carbocycles. The molecule has 1 fully saturated rings. The number of carbonyl (C=O) groups is 1. The van der Waals surface area contributed by atoms with Gasteiger partial charge >= 0.3 is 5.97 Å². The summed E-state index contributed by atoms with van der Waals surface area (Å²) in [5.41, 5.74) is -0.947. The third-order valence-electron chi connectivity index (χ3n) is 4.68. The van der Waals surface area contributed by atoms with Crippen LogP contribution in [0.3, 0.4) is 0 Å². The lowest BCUT2D eigenvalue weighted by atomic mass is 9.81. The van der Waals surface area contributed by atoms with Gasteiger partial charge < -0.3 is 5.11 Å². The van der Waals surface area contributed by atoms with Crippen molar-refractivity contribution < 1.29 is 9.90 Å². The van der Waals surface area contributed by atoms with Crippen molar-refractivity contribution in [2.75, 3.05) is 0 Å². The molecule has 0 radical (unpaired) electrons. The van der Waals surface area contributed by atoms with E-state index in [-0.39, 0.29) is 11.3 Å². The quantitative estimate of drug-likeness (QED) is 0.903. The van der Waals surface area contributed by atoms with E-state index in [0.717, 1.165) is 19.3 Å². The molecule has 2 rings (SSSR count). The Hall–Kier alpha value is -1.46. The molecular weight excluding hydrogens is 244 g/mol. The van der Waals surface area contributed by atoms with Gasteiger partial charge in [-0.15, -0.1) is 5.10 Å². The monoisotopic (exact) mass is 266 g/mol. The van der Waals surface area contributed by atoms with E-state index in [9.17, 15) is 9.90 Å². The van der Waals surface area contributed by atoms with E-state index in [1.54, 1.807) is 6.92 Å². The maximum absolute atomic E-state index is 11.6. The lowest BCUT2D eigenvalue weighted by molar-refractivity contribution is -0.147. The Kier molecular flexibility index (Phi) is 3.36. The standard InChI is InChI=1S/C13H22N4O2/c1-5-13(4,11(18)19)17-10(14-15-16-17)9-7-6-8-12(9,2)3/h9H,5-8H2,1-4H3,(H,18,19). The number of nitrogens with zero attached hydrogens (tertiary/aromatic N) is 4. The van der Waals surface area contributed by atoms with E-state index in [4.69, 9.17) is 0 Å². The van der Waals surface area contributed by atoms with Crippen LogP contribution < -0.4 is 0 Å². The Morgan fingerprint density at radius 2 is 2.26 bits per heavy atom. The molecule has 0 saturated heterocycles. The van der Waals surface area contributed by atoms with Crippen molar-refractivity contribution in [1.82, 2.24) is 20.2 Å². The normalized spacial score (nSPS) is 25.2. The number of aromatic nitrogens is 4.